The summed E-state index contributed by atoms with van der Waals surface area (Å²) in [5, 5.41) is 0. The monoisotopic (exact) mass is 250 g/mol. The van der Waals surface area contributed by atoms with E-state index in [1.54, 1.807) is 0 Å². The maximum absolute atomic E-state index is 12.5. The van der Waals surface area contributed by atoms with Crippen LogP contribution in [0.2, 0.25) is 0 Å². The molecule has 0 unspecified atom stereocenters. The van der Waals surface area contributed by atoms with Gasteiger partial charge >= 0.3 is 0 Å². The van der Waals surface area contributed by atoms with Crippen LogP contribution in [-0.2, 0) is 6.42 Å². The standard InChI is InChI=1S/C18H18O/c1-14(2)12-13-15-8-6-7-11-17(15)18(19)16-9-4-3-5-10-16/h3-12H,13H2,1-2H3. The number of ketones is 1. The van der Waals surface area contributed by atoms with Crippen molar-refractivity contribution in [1.29, 1.82) is 0 Å². The molecule has 1 nitrogen and oxygen atoms in total. The molecule has 96 valence electrons. The molecule has 0 aliphatic carbocycles. The van der Waals surface area contributed by atoms with Crippen LogP contribution in [0.4, 0.5) is 0 Å². The third-order valence-electron chi connectivity index (χ3n) is 3.03. The van der Waals surface area contributed by atoms with Crippen molar-refractivity contribution in [2.24, 2.45) is 0 Å². The van der Waals surface area contributed by atoms with E-state index in [4.69, 9.17) is 0 Å². The molecular weight excluding hydrogens is 232 g/mol. The fraction of sp³-hybridized carbons (Fsp3) is 0.167. The highest BCUT2D eigenvalue weighted by molar-refractivity contribution is 6.09. The Bertz CT molecular complexity index is 590. The summed E-state index contributed by atoms with van der Waals surface area (Å²) < 4.78 is 0. The third kappa shape index (κ3) is 3.41. The van der Waals surface area contributed by atoms with Gasteiger partial charge in [0.1, 0.15) is 0 Å². The van der Waals surface area contributed by atoms with Crippen LogP contribution >= 0.6 is 0 Å². The molecule has 0 radical (unpaired) electrons. The van der Waals surface area contributed by atoms with Crippen molar-refractivity contribution < 1.29 is 4.79 Å². The second kappa shape index (κ2) is 6.14. The first kappa shape index (κ1) is 13.3. The first-order valence-corrected chi connectivity index (χ1v) is 6.49. The molecule has 0 aliphatic heterocycles. The minimum Gasteiger partial charge on any atom is -0.289 e. The Morgan fingerprint density at radius 2 is 1.58 bits per heavy atom. The smallest absolute Gasteiger partial charge is 0.193 e. The molecule has 1 heteroatoms. The second-order valence-electron chi connectivity index (χ2n) is 4.84. The van der Waals surface area contributed by atoms with Gasteiger partial charge in [0.05, 0.1) is 0 Å². The lowest BCUT2D eigenvalue weighted by Gasteiger charge is -2.07. The van der Waals surface area contributed by atoms with Gasteiger partial charge in [-0.3, -0.25) is 4.79 Å². The molecule has 0 saturated heterocycles. The zero-order valence-corrected chi connectivity index (χ0v) is 11.4. The topological polar surface area (TPSA) is 17.1 Å². The van der Waals surface area contributed by atoms with E-state index in [-0.39, 0.29) is 5.78 Å². The Morgan fingerprint density at radius 3 is 2.26 bits per heavy atom. The van der Waals surface area contributed by atoms with Gasteiger partial charge in [0.2, 0.25) is 0 Å². The van der Waals surface area contributed by atoms with E-state index >= 15 is 0 Å². The molecule has 0 heterocycles. The summed E-state index contributed by atoms with van der Waals surface area (Å²) in [6, 6.07) is 17.3. The number of hydrogen-bond donors (Lipinski definition) is 0. The van der Waals surface area contributed by atoms with Crippen LogP contribution in [0.15, 0.2) is 66.2 Å². The SMILES string of the molecule is CC(C)=CCc1ccccc1C(=O)c1ccccc1. The third-order valence-corrected chi connectivity index (χ3v) is 3.03. The normalized spacial score (nSPS) is 10.0. The van der Waals surface area contributed by atoms with Crippen LogP contribution in [0.3, 0.4) is 0 Å². The summed E-state index contributed by atoms with van der Waals surface area (Å²) in [6.45, 7) is 4.14. The van der Waals surface area contributed by atoms with Gasteiger partial charge < -0.3 is 0 Å². The zero-order chi connectivity index (χ0) is 13.7. The molecule has 2 aromatic rings. The fourth-order valence-electron chi connectivity index (χ4n) is 1.98. The Labute approximate surface area is 114 Å². The predicted molar refractivity (Wildman–Crippen MR) is 79.5 cm³/mol. The lowest BCUT2D eigenvalue weighted by molar-refractivity contribution is 0.103. The van der Waals surface area contributed by atoms with Crippen molar-refractivity contribution in [3.63, 3.8) is 0 Å². The van der Waals surface area contributed by atoms with E-state index in [0.29, 0.717) is 0 Å². The Balaban J connectivity index is 2.35. The van der Waals surface area contributed by atoms with Crippen LogP contribution in [0.1, 0.15) is 35.3 Å². The summed E-state index contributed by atoms with van der Waals surface area (Å²) in [7, 11) is 0. The van der Waals surface area contributed by atoms with Crippen molar-refractivity contribution in [3.05, 3.63) is 82.9 Å². The molecule has 0 spiro atoms. The van der Waals surface area contributed by atoms with Gasteiger partial charge in [0, 0.05) is 11.1 Å². The summed E-state index contributed by atoms with van der Waals surface area (Å²) in [5.41, 5.74) is 3.89. The van der Waals surface area contributed by atoms with Crippen LogP contribution in [0, 0.1) is 0 Å². The van der Waals surface area contributed by atoms with Gasteiger partial charge in [0.15, 0.2) is 5.78 Å². The predicted octanol–water partition coefficient (Wildman–Crippen LogP) is 4.43. The molecular formula is C18H18O. The molecule has 0 aliphatic rings. The molecule has 0 saturated carbocycles. The summed E-state index contributed by atoms with van der Waals surface area (Å²) >= 11 is 0. The Hall–Kier alpha value is -2.15. The minimum absolute atomic E-state index is 0.0957. The van der Waals surface area contributed by atoms with Gasteiger partial charge in [-0.25, -0.2) is 0 Å². The quantitative estimate of drug-likeness (QED) is 0.579. The van der Waals surface area contributed by atoms with E-state index < -0.39 is 0 Å². The van der Waals surface area contributed by atoms with Crippen molar-refractivity contribution in [2.75, 3.05) is 0 Å². The molecule has 0 atom stereocenters. The van der Waals surface area contributed by atoms with Gasteiger partial charge in [-0.1, -0.05) is 66.2 Å². The lowest BCUT2D eigenvalue weighted by Crippen LogP contribution is -2.04. The van der Waals surface area contributed by atoms with Gasteiger partial charge in [-0.2, -0.15) is 0 Å². The highest BCUT2D eigenvalue weighted by atomic mass is 16.1. The van der Waals surface area contributed by atoms with Crippen LogP contribution < -0.4 is 0 Å². The minimum atomic E-state index is 0.0957. The van der Waals surface area contributed by atoms with E-state index in [1.807, 2.05) is 54.6 Å². The number of carbonyl (C=O) groups is 1. The number of allylic oxidation sites excluding steroid dienone is 2. The first-order chi connectivity index (χ1) is 9.18. The van der Waals surface area contributed by atoms with Crippen LogP contribution in [0.5, 0.6) is 0 Å². The highest BCUT2D eigenvalue weighted by Gasteiger charge is 2.11. The second-order valence-corrected chi connectivity index (χ2v) is 4.84. The molecule has 0 fully saturated rings. The number of hydrogen-bond acceptors (Lipinski definition) is 1. The summed E-state index contributed by atoms with van der Waals surface area (Å²) in [5.74, 6) is 0.0957. The van der Waals surface area contributed by atoms with Crippen LogP contribution in [0.25, 0.3) is 0 Å². The van der Waals surface area contributed by atoms with Gasteiger partial charge in [0.25, 0.3) is 0 Å². The van der Waals surface area contributed by atoms with Crippen molar-refractivity contribution in [3.8, 4) is 0 Å². The molecule has 2 aromatic carbocycles. The summed E-state index contributed by atoms with van der Waals surface area (Å²) in [6.07, 6.45) is 2.95. The average Bonchev–Trinajstić information content (AvgIpc) is 2.45. The number of rotatable bonds is 4. The molecule has 0 aromatic heterocycles. The fourth-order valence-corrected chi connectivity index (χ4v) is 1.98. The lowest BCUT2D eigenvalue weighted by atomic mass is 9.96. The maximum atomic E-state index is 12.5. The maximum Gasteiger partial charge on any atom is 0.193 e. The van der Waals surface area contributed by atoms with Gasteiger partial charge in [-0.05, 0) is 25.8 Å². The van der Waals surface area contributed by atoms with E-state index in [1.165, 1.54) is 5.57 Å². The Kier molecular flexibility index (Phi) is 4.30. The zero-order valence-electron chi connectivity index (χ0n) is 11.4. The van der Waals surface area contributed by atoms with E-state index in [2.05, 4.69) is 19.9 Å². The van der Waals surface area contributed by atoms with Crippen LogP contribution in [-0.4, -0.2) is 5.78 Å². The highest BCUT2D eigenvalue weighted by Crippen LogP contribution is 2.16. The average molecular weight is 250 g/mol. The summed E-state index contributed by atoms with van der Waals surface area (Å²) in [4.78, 5) is 12.5. The molecule has 19 heavy (non-hydrogen) atoms. The first-order valence-electron chi connectivity index (χ1n) is 6.49. The number of benzene rings is 2. The van der Waals surface area contributed by atoms with Gasteiger partial charge in [-0.15, -0.1) is 0 Å². The van der Waals surface area contributed by atoms with E-state index in [9.17, 15) is 4.79 Å². The van der Waals surface area contributed by atoms with Crippen molar-refractivity contribution in [1.82, 2.24) is 0 Å². The van der Waals surface area contributed by atoms with Crippen molar-refractivity contribution >= 4 is 5.78 Å². The molecule has 0 bridgehead atoms. The van der Waals surface area contributed by atoms with E-state index in [0.717, 1.165) is 23.1 Å². The van der Waals surface area contributed by atoms with Crippen molar-refractivity contribution in [2.45, 2.75) is 20.3 Å². The number of carbonyl (C=O) groups excluding carboxylic acids is 1. The molecule has 2 rings (SSSR count). The molecule has 0 amide bonds. The molecule has 0 N–H and O–H groups in total. The Morgan fingerprint density at radius 1 is 0.947 bits per heavy atom. The largest absolute Gasteiger partial charge is 0.289 e.